The summed E-state index contributed by atoms with van der Waals surface area (Å²) in [7, 11) is 0. The molecule has 1 aromatic carbocycles. The molecule has 0 radical (unpaired) electrons. The van der Waals surface area contributed by atoms with Crippen molar-refractivity contribution in [3.63, 3.8) is 0 Å². The van der Waals surface area contributed by atoms with E-state index in [0.717, 1.165) is 0 Å². The van der Waals surface area contributed by atoms with E-state index in [1.54, 1.807) is 6.92 Å². The molecule has 0 atom stereocenters. The third-order valence-electron chi connectivity index (χ3n) is 1.83. The Morgan fingerprint density at radius 2 is 2.12 bits per heavy atom. The molecular formula is C11H13FO4. The zero-order valence-electron chi connectivity index (χ0n) is 8.90. The van der Waals surface area contributed by atoms with Crippen LogP contribution in [0.5, 0.6) is 11.5 Å². The van der Waals surface area contributed by atoms with Gasteiger partial charge in [-0.2, -0.15) is 0 Å². The van der Waals surface area contributed by atoms with Crippen molar-refractivity contribution in [2.45, 2.75) is 6.92 Å². The highest BCUT2D eigenvalue weighted by atomic mass is 19.1. The first kappa shape index (κ1) is 12.3. The summed E-state index contributed by atoms with van der Waals surface area (Å²) in [5, 5.41) is 8.79. The van der Waals surface area contributed by atoms with Crippen LogP contribution >= 0.6 is 0 Å². The Labute approximate surface area is 92.6 Å². The van der Waals surface area contributed by atoms with Crippen LogP contribution in [0.4, 0.5) is 4.39 Å². The second kappa shape index (κ2) is 5.95. The van der Waals surface area contributed by atoms with Crippen molar-refractivity contribution in [1.29, 1.82) is 0 Å². The molecule has 0 bridgehead atoms. The number of hydrogen-bond donors (Lipinski definition) is 1. The second-order valence-electron chi connectivity index (χ2n) is 2.94. The first-order valence-electron chi connectivity index (χ1n) is 4.88. The summed E-state index contributed by atoms with van der Waals surface area (Å²) >= 11 is 0. The van der Waals surface area contributed by atoms with Gasteiger partial charge < -0.3 is 14.6 Å². The van der Waals surface area contributed by atoms with Gasteiger partial charge in [-0.1, -0.05) is 0 Å². The lowest BCUT2D eigenvalue weighted by Gasteiger charge is -2.11. The van der Waals surface area contributed by atoms with E-state index in [1.807, 2.05) is 0 Å². The normalized spacial score (nSPS) is 9.88. The summed E-state index contributed by atoms with van der Waals surface area (Å²) in [4.78, 5) is 10.7. The number of benzene rings is 1. The molecule has 4 nitrogen and oxygen atoms in total. The average molecular weight is 228 g/mol. The van der Waals surface area contributed by atoms with Gasteiger partial charge in [0.2, 0.25) is 0 Å². The van der Waals surface area contributed by atoms with Crippen LogP contribution < -0.4 is 9.47 Å². The molecule has 1 rings (SSSR count). The first-order valence-corrected chi connectivity index (χ1v) is 4.88. The molecule has 0 aromatic heterocycles. The highest BCUT2D eigenvalue weighted by Gasteiger charge is 2.10. The van der Waals surface area contributed by atoms with Gasteiger partial charge in [-0.15, -0.1) is 0 Å². The van der Waals surface area contributed by atoms with E-state index in [-0.39, 0.29) is 12.2 Å². The summed E-state index contributed by atoms with van der Waals surface area (Å²) in [5.74, 6) is -0.377. The van der Waals surface area contributed by atoms with Crippen LogP contribution in [0.3, 0.4) is 0 Å². The predicted molar refractivity (Wildman–Crippen MR) is 56.0 cm³/mol. The smallest absolute Gasteiger partial charge is 0.335 e. The van der Waals surface area contributed by atoms with E-state index in [1.165, 1.54) is 18.2 Å². The number of hydrogen-bond acceptors (Lipinski definition) is 3. The van der Waals surface area contributed by atoms with Crippen molar-refractivity contribution >= 4 is 5.97 Å². The summed E-state index contributed by atoms with van der Waals surface area (Å²) in [6.07, 6.45) is 0. The van der Waals surface area contributed by atoms with Crippen molar-refractivity contribution < 1.29 is 23.8 Å². The van der Waals surface area contributed by atoms with E-state index < -0.39 is 12.6 Å². The van der Waals surface area contributed by atoms with Crippen molar-refractivity contribution in [2.75, 3.05) is 19.9 Å². The largest absolute Gasteiger partial charge is 0.490 e. The maximum Gasteiger partial charge on any atom is 0.335 e. The van der Waals surface area contributed by atoms with E-state index >= 15 is 0 Å². The minimum Gasteiger partial charge on any atom is -0.490 e. The second-order valence-corrected chi connectivity index (χ2v) is 2.94. The molecule has 0 fully saturated rings. The Balaban J connectivity index is 2.94. The molecule has 0 spiro atoms. The number of aromatic carboxylic acids is 1. The molecule has 1 aromatic rings. The predicted octanol–water partition coefficient (Wildman–Crippen LogP) is 2.13. The van der Waals surface area contributed by atoms with Gasteiger partial charge in [0.25, 0.3) is 0 Å². The van der Waals surface area contributed by atoms with E-state index in [2.05, 4.69) is 0 Å². The maximum atomic E-state index is 11.9. The van der Waals surface area contributed by atoms with E-state index in [4.69, 9.17) is 14.6 Å². The number of carboxylic acid groups (broad SMARTS) is 1. The number of alkyl halides is 1. The van der Waals surface area contributed by atoms with Gasteiger partial charge >= 0.3 is 5.97 Å². The van der Waals surface area contributed by atoms with Crippen LogP contribution in [0, 0.1) is 0 Å². The van der Waals surface area contributed by atoms with Crippen molar-refractivity contribution in [2.24, 2.45) is 0 Å². The molecule has 0 heterocycles. The van der Waals surface area contributed by atoms with Crippen LogP contribution in [0.15, 0.2) is 18.2 Å². The van der Waals surface area contributed by atoms with Gasteiger partial charge in [0, 0.05) is 0 Å². The standard InChI is InChI=1S/C11H13FO4/c1-2-15-10-7-8(11(13)14)3-4-9(10)16-6-5-12/h3-4,7H,2,5-6H2,1H3,(H,13,14). The van der Waals surface area contributed by atoms with Crippen molar-refractivity contribution in [3.05, 3.63) is 23.8 Å². The molecule has 0 aliphatic rings. The van der Waals surface area contributed by atoms with Crippen LogP contribution in [0.2, 0.25) is 0 Å². The van der Waals surface area contributed by atoms with Crippen molar-refractivity contribution in [3.8, 4) is 11.5 Å². The van der Waals surface area contributed by atoms with Crippen LogP contribution in [-0.2, 0) is 0 Å². The van der Waals surface area contributed by atoms with Crippen LogP contribution in [-0.4, -0.2) is 31.0 Å². The minimum atomic E-state index is -1.04. The Bertz CT molecular complexity index is 365. The molecule has 5 heteroatoms. The molecule has 0 aliphatic heterocycles. The summed E-state index contributed by atoms with van der Waals surface area (Å²) in [6, 6.07) is 4.21. The Kier molecular flexibility index (Phi) is 4.57. The molecule has 16 heavy (non-hydrogen) atoms. The summed E-state index contributed by atoms with van der Waals surface area (Å²) in [5.41, 5.74) is 0.107. The van der Waals surface area contributed by atoms with Gasteiger partial charge in [0.1, 0.15) is 13.3 Å². The number of ether oxygens (including phenoxy) is 2. The quantitative estimate of drug-likeness (QED) is 0.810. The Hall–Kier alpha value is -1.78. The fourth-order valence-electron chi connectivity index (χ4n) is 1.18. The molecular weight excluding hydrogens is 215 g/mol. The highest BCUT2D eigenvalue weighted by Crippen LogP contribution is 2.28. The maximum absolute atomic E-state index is 11.9. The first-order chi connectivity index (χ1) is 7.69. The number of halogens is 1. The zero-order valence-corrected chi connectivity index (χ0v) is 8.90. The van der Waals surface area contributed by atoms with Crippen LogP contribution in [0.25, 0.3) is 0 Å². The zero-order chi connectivity index (χ0) is 12.0. The molecule has 1 N–H and O–H groups in total. The number of carboxylic acids is 1. The lowest BCUT2D eigenvalue weighted by atomic mass is 10.2. The lowest BCUT2D eigenvalue weighted by molar-refractivity contribution is 0.0696. The fourth-order valence-corrected chi connectivity index (χ4v) is 1.18. The Morgan fingerprint density at radius 1 is 1.38 bits per heavy atom. The van der Waals surface area contributed by atoms with E-state index in [9.17, 15) is 9.18 Å². The third-order valence-corrected chi connectivity index (χ3v) is 1.83. The molecule has 0 saturated heterocycles. The molecule has 0 amide bonds. The molecule has 0 aliphatic carbocycles. The molecule has 0 saturated carbocycles. The number of carbonyl (C=O) groups is 1. The van der Waals surface area contributed by atoms with E-state index in [0.29, 0.717) is 18.1 Å². The Morgan fingerprint density at radius 3 is 2.69 bits per heavy atom. The van der Waals surface area contributed by atoms with Gasteiger partial charge in [-0.3, -0.25) is 0 Å². The third kappa shape index (κ3) is 3.12. The monoisotopic (exact) mass is 228 g/mol. The van der Waals surface area contributed by atoms with Crippen LogP contribution in [0.1, 0.15) is 17.3 Å². The minimum absolute atomic E-state index is 0.0769. The van der Waals surface area contributed by atoms with Gasteiger partial charge in [-0.05, 0) is 25.1 Å². The SMILES string of the molecule is CCOc1cc(C(=O)O)ccc1OCCF. The topological polar surface area (TPSA) is 55.8 Å². The number of rotatable bonds is 6. The summed E-state index contributed by atoms with van der Waals surface area (Å²) in [6.45, 7) is 1.47. The van der Waals surface area contributed by atoms with Crippen molar-refractivity contribution in [1.82, 2.24) is 0 Å². The van der Waals surface area contributed by atoms with Gasteiger partial charge in [0.05, 0.1) is 12.2 Å². The highest BCUT2D eigenvalue weighted by molar-refractivity contribution is 5.88. The van der Waals surface area contributed by atoms with Gasteiger partial charge in [0.15, 0.2) is 11.5 Å². The molecule has 0 unspecified atom stereocenters. The fraction of sp³-hybridized carbons (Fsp3) is 0.364. The average Bonchev–Trinajstić information content (AvgIpc) is 2.27. The molecule has 88 valence electrons. The summed E-state index contributed by atoms with van der Waals surface area (Å²) < 4.78 is 22.2. The van der Waals surface area contributed by atoms with Gasteiger partial charge in [-0.25, -0.2) is 9.18 Å². The lowest BCUT2D eigenvalue weighted by Crippen LogP contribution is -2.04.